The predicted molar refractivity (Wildman–Crippen MR) is 121 cm³/mol. The van der Waals surface area contributed by atoms with Crippen molar-refractivity contribution in [1.29, 1.82) is 0 Å². The van der Waals surface area contributed by atoms with Crippen molar-refractivity contribution in [3.05, 3.63) is 0 Å². The van der Waals surface area contributed by atoms with Gasteiger partial charge < -0.3 is 25.3 Å². The number of hydrogen-bond acceptors (Lipinski definition) is 5. The second-order valence-electron chi connectivity index (χ2n) is 10.6. The smallest absolute Gasteiger partial charge is 0.248 e. The molecule has 0 aromatic rings. The summed E-state index contributed by atoms with van der Waals surface area (Å²) in [5.74, 6) is -0.577. The van der Waals surface area contributed by atoms with Gasteiger partial charge in [-0.05, 0) is 38.5 Å². The monoisotopic (exact) mass is 473 g/mol. The molecule has 0 aromatic carbocycles. The van der Waals surface area contributed by atoms with Gasteiger partial charge in [-0.3, -0.25) is 24.0 Å². The van der Waals surface area contributed by atoms with E-state index in [4.69, 9.17) is 0 Å². The van der Waals surface area contributed by atoms with Crippen LogP contribution in [0.1, 0.15) is 58.3 Å². The Balaban J connectivity index is 1.26. The van der Waals surface area contributed by atoms with Crippen LogP contribution in [0.4, 0.5) is 0 Å². The van der Waals surface area contributed by atoms with Gasteiger partial charge in [-0.15, -0.1) is 0 Å². The minimum atomic E-state index is -0.698. The van der Waals surface area contributed by atoms with E-state index in [-0.39, 0.29) is 53.5 Å². The fourth-order valence-electron chi connectivity index (χ4n) is 6.56. The Morgan fingerprint density at radius 3 is 2.32 bits per heavy atom. The summed E-state index contributed by atoms with van der Waals surface area (Å²) in [6, 6.07) is -1.93. The van der Waals surface area contributed by atoms with Gasteiger partial charge in [0.1, 0.15) is 12.1 Å². The van der Waals surface area contributed by atoms with Crippen LogP contribution in [0.15, 0.2) is 0 Å². The predicted octanol–water partition coefficient (Wildman–Crippen LogP) is -0.380. The van der Waals surface area contributed by atoms with Crippen LogP contribution in [0.25, 0.3) is 0 Å². The number of hydrogen-bond donors (Lipinski definition) is 2. The van der Waals surface area contributed by atoms with Crippen molar-refractivity contribution in [3.8, 4) is 0 Å². The summed E-state index contributed by atoms with van der Waals surface area (Å²) in [5, 5.41) is 6.09. The minimum absolute atomic E-state index is 0.0171. The third-order valence-electron chi connectivity index (χ3n) is 8.51. The molecule has 0 aromatic heterocycles. The third kappa shape index (κ3) is 4.15. The average Bonchev–Trinajstić information content (AvgIpc) is 3.57. The molecular formula is C24H35N5O5. The molecule has 4 saturated heterocycles. The van der Waals surface area contributed by atoms with Crippen molar-refractivity contribution in [2.75, 3.05) is 26.2 Å². The Morgan fingerprint density at radius 1 is 0.941 bits per heavy atom. The van der Waals surface area contributed by atoms with Gasteiger partial charge in [0.05, 0.1) is 6.04 Å². The zero-order valence-electron chi connectivity index (χ0n) is 19.8. The number of likely N-dealkylation sites (tertiary alicyclic amines) is 2. The summed E-state index contributed by atoms with van der Waals surface area (Å²) in [5.41, 5.74) is 0. The van der Waals surface area contributed by atoms with Gasteiger partial charge in [0.25, 0.3) is 0 Å². The second-order valence-corrected chi connectivity index (χ2v) is 10.6. The Hall–Kier alpha value is -2.65. The van der Waals surface area contributed by atoms with Crippen molar-refractivity contribution in [2.24, 2.45) is 11.8 Å². The molecule has 5 fully saturated rings. The first-order valence-corrected chi connectivity index (χ1v) is 12.8. The molecule has 10 heteroatoms. The Bertz CT molecular complexity index is 879. The van der Waals surface area contributed by atoms with E-state index in [2.05, 4.69) is 10.6 Å². The van der Waals surface area contributed by atoms with E-state index in [1.807, 2.05) is 0 Å². The highest BCUT2D eigenvalue weighted by Gasteiger charge is 2.53. The number of carbonyl (C=O) groups is 5. The number of nitrogens with one attached hydrogen (secondary N) is 2. The van der Waals surface area contributed by atoms with Crippen LogP contribution in [-0.4, -0.2) is 94.6 Å². The van der Waals surface area contributed by atoms with Crippen LogP contribution < -0.4 is 10.6 Å². The maximum absolute atomic E-state index is 13.7. The Labute approximate surface area is 199 Å². The van der Waals surface area contributed by atoms with E-state index < -0.39 is 12.1 Å². The fourth-order valence-corrected chi connectivity index (χ4v) is 6.56. The first-order chi connectivity index (χ1) is 16.3. The molecule has 4 heterocycles. The van der Waals surface area contributed by atoms with E-state index in [0.29, 0.717) is 51.9 Å². The molecule has 10 nitrogen and oxygen atoms in total. The van der Waals surface area contributed by atoms with E-state index in [0.717, 1.165) is 25.7 Å². The zero-order chi connectivity index (χ0) is 24.0. The van der Waals surface area contributed by atoms with Gasteiger partial charge in [0.15, 0.2) is 0 Å². The summed E-state index contributed by atoms with van der Waals surface area (Å²) in [7, 11) is 0. The number of amides is 5. The van der Waals surface area contributed by atoms with E-state index in [9.17, 15) is 24.0 Å². The SMILES string of the molecule is CC(=O)N1CCC(C(=O)N2CCC3NC(=O)C4CC(NC(=O)C5CCCC5)CN4C(=O)C32)CC1. The van der Waals surface area contributed by atoms with Crippen molar-refractivity contribution >= 4 is 29.5 Å². The molecule has 2 N–H and O–H groups in total. The number of piperidine rings is 1. The van der Waals surface area contributed by atoms with Crippen molar-refractivity contribution in [2.45, 2.75) is 82.5 Å². The molecule has 1 aliphatic carbocycles. The molecule has 5 rings (SSSR count). The first kappa shape index (κ1) is 23.1. The number of carbonyl (C=O) groups excluding carboxylic acids is 5. The average molecular weight is 474 g/mol. The van der Waals surface area contributed by atoms with Crippen LogP contribution in [0.5, 0.6) is 0 Å². The van der Waals surface area contributed by atoms with Crippen LogP contribution in [0, 0.1) is 11.8 Å². The molecule has 34 heavy (non-hydrogen) atoms. The second kappa shape index (κ2) is 9.19. The van der Waals surface area contributed by atoms with E-state index in [1.54, 1.807) is 14.7 Å². The maximum Gasteiger partial charge on any atom is 0.248 e. The highest BCUT2D eigenvalue weighted by molar-refractivity contribution is 5.97. The van der Waals surface area contributed by atoms with E-state index >= 15 is 0 Å². The molecule has 4 aliphatic heterocycles. The number of nitrogens with zero attached hydrogens (tertiary/aromatic N) is 3. The van der Waals surface area contributed by atoms with Gasteiger partial charge in [-0.25, -0.2) is 0 Å². The largest absolute Gasteiger partial charge is 0.351 e. The molecule has 0 radical (unpaired) electrons. The highest BCUT2D eigenvalue weighted by atomic mass is 16.2. The Kier molecular flexibility index (Phi) is 6.24. The molecule has 0 bridgehead atoms. The number of fused-ring (bicyclic) bond motifs is 2. The molecule has 186 valence electrons. The summed E-state index contributed by atoms with van der Waals surface area (Å²) in [6.07, 6.45) is 6.09. The van der Waals surface area contributed by atoms with Gasteiger partial charge in [-0.2, -0.15) is 0 Å². The lowest BCUT2D eigenvalue weighted by atomic mass is 9.94. The van der Waals surface area contributed by atoms with Crippen LogP contribution in [0.2, 0.25) is 0 Å². The fraction of sp³-hybridized carbons (Fsp3) is 0.792. The quantitative estimate of drug-likeness (QED) is 0.579. The highest BCUT2D eigenvalue weighted by Crippen LogP contribution is 2.32. The normalized spacial score (nSPS) is 32.3. The van der Waals surface area contributed by atoms with Crippen molar-refractivity contribution < 1.29 is 24.0 Å². The molecule has 4 atom stereocenters. The molecule has 4 unspecified atom stereocenters. The summed E-state index contributed by atoms with van der Waals surface area (Å²) in [6.45, 7) is 3.38. The lowest BCUT2D eigenvalue weighted by molar-refractivity contribution is -0.148. The first-order valence-electron chi connectivity index (χ1n) is 12.8. The van der Waals surface area contributed by atoms with Crippen LogP contribution in [0.3, 0.4) is 0 Å². The van der Waals surface area contributed by atoms with E-state index in [1.165, 1.54) is 6.92 Å². The molecule has 5 aliphatic rings. The van der Waals surface area contributed by atoms with Gasteiger partial charge >= 0.3 is 0 Å². The van der Waals surface area contributed by atoms with Crippen LogP contribution in [-0.2, 0) is 24.0 Å². The lowest BCUT2D eigenvalue weighted by Crippen LogP contribution is -2.54. The Morgan fingerprint density at radius 2 is 1.65 bits per heavy atom. The van der Waals surface area contributed by atoms with Crippen LogP contribution >= 0.6 is 0 Å². The molecule has 1 saturated carbocycles. The lowest BCUT2D eigenvalue weighted by Gasteiger charge is -2.35. The summed E-state index contributed by atoms with van der Waals surface area (Å²) >= 11 is 0. The molecule has 0 spiro atoms. The zero-order valence-corrected chi connectivity index (χ0v) is 19.8. The standard InChI is InChI=1S/C24H35N5O5/c1-14(30)27-9-6-16(7-10-27)23(33)28-11-8-18-20(28)24(34)29-13-17(12-19(29)22(32)26-18)25-21(31)15-4-2-3-5-15/h15-20H,2-13H2,1H3,(H,25,31)(H,26,32). The summed E-state index contributed by atoms with van der Waals surface area (Å²) < 4.78 is 0. The van der Waals surface area contributed by atoms with Crippen molar-refractivity contribution in [1.82, 2.24) is 25.3 Å². The molecular weight excluding hydrogens is 438 g/mol. The summed E-state index contributed by atoms with van der Waals surface area (Å²) in [4.78, 5) is 69.3. The van der Waals surface area contributed by atoms with Gasteiger partial charge in [0, 0.05) is 51.0 Å². The minimum Gasteiger partial charge on any atom is -0.351 e. The number of rotatable bonds is 3. The van der Waals surface area contributed by atoms with Gasteiger partial charge in [0.2, 0.25) is 29.5 Å². The third-order valence-corrected chi connectivity index (χ3v) is 8.51. The molecule has 5 amide bonds. The topological polar surface area (TPSA) is 119 Å². The van der Waals surface area contributed by atoms with Gasteiger partial charge in [-0.1, -0.05) is 12.8 Å². The van der Waals surface area contributed by atoms with Crippen molar-refractivity contribution in [3.63, 3.8) is 0 Å². The maximum atomic E-state index is 13.7.